The molecule has 0 saturated heterocycles. The van der Waals surface area contributed by atoms with Crippen LogP contribution >= 0.6 is 11.3 Å². The van der Waals surface area contributed by atoms with E-state index in [2.05, 4.69) is 42.3 Å². The second-order valence-electron chi connectivity index (χ2n) is 6.11. The Morgan fingerprint density at radius 3 is 2.46 bits per heavy atom. The van der Waals surface area contributed by atoms with Crippen molar-refractivity contribution in [1.29, 1.82) is 0 Å². The van der Waals surface area contributed by atoms with E-state index >= 15 is 0 Å². The fourth-order valence-corrected chi connectivity index (χ4v) is 3.31. The third kappa shape index (κ3) is 3.39. The minimum Gasteiger partial charge on any atom is -0.298 e. The summed E-state index contributed by atoms with van der Waals surface area (Å²) in [6.45, 7) is 8.20. The smallest absolute Gasteiger partial charge is 0.257 e. The molecule has 3 nitrogen and oxygen atoms in total. The van der Waals surface area contributed by atoms with Gasteiger partial charge in [0.25, 0.3) is 5.91 Å². The molecular formula is C20H20N2OS. The molecule has 0 saturated carbocycles. The van der Waals surface area contributed by atoms with E-state index in [1.165, 1.54) is 28.0 Å². The molecule has 3 aromatic rings. The summed E-state index contributed by atoms with van der Waals surface area (Å²) in [4.78, 5) is 17.0. The molecule has 2 aromatic carbocycles. The van der Waals surface area contributed by atoms with Gasteiger partial charge in [-0.15, -0.1) is 11.3 Å². The molecule has 1 N–H and O–H groups in total. The Bertz CT molecular complexity index is 912. The average Bonchev–Trinajstić information content (AvgIpc) is 2.98. The zero-order valence-corrected chi connectivity index (χ0v) is 15.1. The highest BCUT2D eigenvalue weighted by molar-refractivity contribution is 7.14. The number of hydrogen-bond donors (Lipinski definition) is 1. The van der Waals surface area contributed by atoms with Crippen molar-refractivity contribution in [2.24, 2.45) is 0 Å². The van der Waals surface area contributed by atoms with Gasteiger partial charge < -0.3 is 0 Å². The lowest BCUT2D eigenvalue weighted by Gasteiger charge is -2.05. The van der Waals surface area contributed by atoms with Crippen molar-refractivity contribution >= 4 is 22.4 Å². The summed E-state index contributed by atoms with van der Waals surface area (Å²) in [5, 5.41) is 5.49. The Hall–Kier alpha value is -2.46. The monoisotopic (exact) mass is 336 g/mol. The molecule has 0 fully saturated rings. The van der Waals surface area contributed by atoms with Crippen molar-refractivity contribution in [3.05, 3.63) is 69.6 Å². The molecular weight excluding hydrogens is 316 g/mol. The van der Waals surface area contributed by atoms with Gasteiger partial charge in [0.05, 0.1) is 5.69 Å². The molecule has 0 atom stereocenters. The molecule has 0 spiro atoms. The second kappa shape index (κ2) is 6.57. The van der Waals surface area contributed by atoms with E-state index in [-0.39, 0.29) is 5.91 Å². The maximum atomic E-state index is 12.4. The van der Waals surface area contributed by atoms with Gasteiger partial charge in [0.15, 0.2) is 5.13 Å². The molecule has 0 unspecified atom stereocenters. The first-order chi connectivity index (χ1) is 11.4. The summed E-state index contributed by atoms with van der Waals surface area (Å²) in [7, 11) is 0. The summed E-state index contributed by atoms with van der Waals surface area (Å²) in [5.74, 6) is -0.125. The van der Waals surface area contributed by atoms with Crippen LogP contribution in [-0.4, -0.2) is 10.9 Å². The molecule has 0 aliphatic heterocycles. The predicted octanol–water partition coefficient (Wildman–Crippen LogP) is 5.30. The van der Waals surface area contributed by atoms with Crippen molar-refractivity contribution in [2.75, 3.05) is 5.32 Å². The minimum atomic E-state index is -0.125. The number of nitrogens with one attached hydrogen (secondary N) is 1. The summed E-state index contributed by atoms with van der Waals surface area (Å²) in [6, 6.07) is 12.0. The number of rotatable bonds is 3. The lowest BCUT2D eigenvalue weighted by atomic mass is 10.0. The van der Waals surface area contributed by atoms with E-state index in [1.807, 2.05) is 37.4 Å². The number of anilines is 1. The van der Waals surface area contributed by atoms with Crippen LogP contribution in [0.4, 0.5) is 5.13 Å². The molecule has 0 aliphatic carbocycles. The lowest BCUT2D eigenvalue weighted by Crippen LogP contribution is -2.12. The van der Waals surface area contributed by atoms with Gasteiger partial charge >= 0.3 is 0 Å². The molecule has 4 heteroatoms. The van der Waals surface area contributed by atoms with Gasteiger partial charge in [0.1, 0.15) is 0 Å². The number of thiazole rings is 1. The highest BCUT2D eigenvalue weighted by Crippen LogP contribution is 2.28. The first-order valence-corrected chi connectivity index (χ1v) is 8.74. The van der Waals surface area contributed by atoms with Crippen LogP contribution in [0.5, 0.6) is 0 Å². The Balaban J connectivity index is 1.80. The van der Waals surface area contributed by atoms with Crippen LogP contribution in [0, 0.1) is 27.7 Å². The van der Waals surface area contributed by atoms with Gasteiger partial charge in [-0.25, -0.2) is 4.98 Å². The third-order valence-corrected chi connectivity index (χ3v) is 4.91. The molecule has 0 radical (unpaired) electrons. The topological polar surface area (TPSA) is 42.0 Å². The maximum Gasteiger partial charge on any atom is 0.257 e. The predicted molar refractivity (Wildman–Crippen MR) is 101 cm³/mol. The number of nitrogens with zero attached hydrogens (tertiary/aromatic N) is 1. The van der Waals surface area contributed by atoms with Crippen LogP contribution in [0.2, 0.25) is 0 Å². The third-order valence-electron chi connectivity index (χ3n) is 4.15. The highest BCUT2D eigenvalue weighted by atomic mass is 32.1. The SMILES string of the molecule is Cc1ccc(-c2csc(NC(=O)c3ccc(C)c(C)c3)n2)c(C)c1. The molecule has 24 heavy (non-hydrogen) atoms. The number of carbonyl (C=O) groups excluding carboxylic acids is 1. The fraction of sp³-hybridized carbons (Fsp3) is 0.200. The molecule has 122 valence electrons. The van der Waals surface area contributed by atoms with E-state index < -0.39 is 0 Å². The van der Waals surface area contributed by atoms with Gasteiger partial charge in [-0.2, -0.15) is 0 Å². The first-order valence-electron chi connectivity index (χ1n) is 7.86. The molecule has 1 aromatic heterocycles. The zero-order chi connectivity index (χ0) is 17.3. The van der Waals surface area contributed by atoms with Gasteiger partial charge in [-0.1, -0.05) is 29.8 Å². The fourth-order valence-electron chi connectivity index (χ4n) is 2.61. The van der Waals surface area contributed by atoms with Crippen molar-refractivity contribution in [2.45, 2.75) is 27.7 Å². The van der Waals surface area contributed by atoms with Gasteiger partial charge in [-0.05, 0) is 56.5 Å². The van der Waals surface area contributed by atoms with E-state index in [9.17, 15) is 4.79 Å². The van der Waals surface area contributed by atoms with E-state index in [4.69, 9.17) is 0 Å². The largest absolute Gasteiger partial charge is 0.298 e. The second-order valence-corrected chi connectivity index (χ2v) is 6.97. The summed E-state index contributed by atoms with van der Waals surface area (Å²) < 4.78 is 0. The van der Waals surface area contributed by atoms with Gasteiger partial charge in [-0.3, -0.25) is 10.1 Å². The Labute approximate surface area is 146 Å². The number of aryl methyl sites for hydroxylation is 4. The zero-order valence-electron chi connectivity index (χ0n) is 14.3. The molecule has 0 bridgehead atoms. The van der Waals surface area contributed by atoms with Crippen LogP contribution in [0.3, 0.4) is 0 Å². The van der Waals surface area contributed by atoms with Crippen molar-refractivity contribution in [3.63, 3.8) is 0 Å². The number of carbonyl (C=O) groups is 1. The summed E-state index contributed by atoms with van der Waals surface area (Å²) in [5.41, 5.74) is 7.36. The average molecular weight is 336 g/mol. The molecule has 3 rings (SSSR count). The summed E-state index contributed by atoms with van der Waals surface area (Å²) >= 11 is 1.44. The Morgan fingerprint density at radius 1 is 0.958 bits per heavy atom. The Kier molecular flexibility index (Phi) is 4.49. The molecule has 1 heterocycles. The van der Waals surface area contributed by atoms with Crippen LogP contribution < -0.4 is 5.32 Å². The Morgan fingerprint density at radius 2 is 1.75 bits per heavy atom. The molecule has 0 aliphatic rings. The van der Waals surface area contributed by atoms with Crippen molar-refractivity contribution in [3.8, 4) is 11.3 Å². The number of benzene rings is 2. The van der Waals surface area contributed by atoms with Crippen LogP contribution in [0.1, 0.15) is 32.6 Å². The van der Waals surface area contributed by atoms with E-state index in [0.29, 0.717) is 10.7 Å². The van der Waals surface area contributed by atoms with E-state index in [1.54, 1.807) is 0 Å². The van der Waals surface area contributed by atoms with E-state index in [0.717, 1.165) is 16.8 Å². The first kappa shape index (κ1) is 16.4. The van der Waals surface area contributed by atoms with Gasteiger partial charge in [0, 0.05) is 16.5 Å². The molecule has 1 amide bonds. The van der Waals surface area contributed by atoms with Crippen LogP contribution in [0.15, 0.2) is 41.8 Å². The number of aromatic nitrogens is 1. The highest BCUT2D eigenvalue weighted by Gasteiger charge is 2.11. The number of hydrogen-bond acceptors (Lipinski definition) is 3. The lowest BCUT2D eigenvalue weighted by molar-refractivity contribution is 0.102. The summed E-state index contributed by atoms with van der Waals surface area (Å²) in [6.07, 6.45) is 0. The van der Waals surface area contributed by atoms with Gasteiger partial charge in [0.2, 0.25) is 0 Å². The van der Waals surface area contributed by atoms with Crippen LogP contribution in [0.25, 0.3) is 11.3 Å². The number of amides is 1. The van der Waals surface area contributed by atoms with Crippen LogP contribution in [-0.2, 0) is 0 Å². The van der Waals surface area contributed by atoms with Crippen molar-refractivity contribution < 1.29 is 4.79 Å². The quantitative estimate of drug-likeness (QED) is 0.705. The van der Waals surface area contributed by atoms with Crippen molar-refractivity contribution in [1.82, 2.24) is 4.98 Å². The normalized spacial score (nSPS) is 10.7. The standard InChI is InChI=1S/C20H20N2OS/c1-12-5-8-17(15(4)9-12)18-11-24-20(21-18)22-19(23)16-7-6-13(2)14(3)10-16/h5-11H,1-4H3,(H,21,22,23). The minimum absolute atomic E-state index is 0.125. The maximum absolute atomic E-state index is 12.4.